The van der Waals surface area contributed by atoms with Crippen LogP contribution in [-0.2, 0) is 27.7 Å². The Labute approximate surface area is 158 Å². The topological polar surface area (TPSA) is 57.7 Å². The first-order chi connectivity index (χ1) is 12.3. The van der Waals surface area contributed by atoms with Gasteiger partial charge in [-0.3, -0.25) is 4.79 Å². The van der Waals surface area contributed by atoms with Crippen LogP contribution in [0.3, 0.4) is 0 Å². The van der Waals surface area contributed by atoms with Crippen LogP contribution in [0.15, 0.2) is 24.3 Å². The summed E-state index contributed by atoms with van der Waals surface area (Å²) in [5.41, 5.74) is 2.48. The van der Waals surface area contributed by atoms with Gasteiger partial charge < -0.3 is 4.90 Å². The number of hydrogen-bond acceptors (Lipinski definition) is 3. The lowest BCUT2D eigenvalue weighted by molar-refractivity contribution is -0.128. The monoisotopic (exact) mass is 380 g/mol. The van der Waals surface area contributed by atoms with E-state index in [9.17, 15) is 13.2 Å². The van der Waals surface area contributed by atoms with Gasteiger partial charge >= 0.3 is 0 Å². The van der Waals surface area contributed by atoms with E-state index in [4.69, 9.17) is 0 Å². The van der Waals surface area contributed by atoms with Gasteiger partial charge in [-0.25, -0.2) is 12.7 Å². The van der Waals surface area contributed by atoms with Gasteiger partial charge in [0.05, 0.1) is 5.75 Å². The molecule has 0 bridgehead atoms. The maximum atomic E-state index is 12.1. The maximum absolute atomic E-state index is 12.1. The number of aryl methyl sites for hydroxylation is 1. The van der Waals surface area contributed by atoms with Gasteiger partial charge in [-0.1, -0.05) is 31.2 Å². The van der Waals surface area contributed by atoms with E-state index < -0.39 is 10.0 Å². The highest BCUT2D eigenvalue weighted by molar-refractivity contribution is 7.89. The lowest BCUT2D eigenvalue weighted by atomic mass is 9.90. The molecule has 1 heterocycles. The SMILES string of the molecule is CCCS(=O)(=O)N1CCC(Cc2ccc(CCC(=O)N(C)C)cc2)CC1. The Bertz CT molecular complexity index is 676. The fourth-order valence-electron chi connectivity index (χ4n) is 3.43. The van der Waals surface area contributed by atoms with E-state index in [0.717, 1.165) is 25.7 Å². The predicted molar refractivity (Wildman–Crippen MR) is 106 cm³/mol. The van der Waals surface area contributed by atoms with Crippen molar-refractivity contribution in [2.75, 3.05) is 32.9 Å². The van der Waals surface area contributed by atoms with Crippen molar-refractivity contribution in [2.24, 2.45) is 5.92 Å². The molecule has 1 fully saturated rings. The number of nitrogens with zero attached hydrogens (tertiary/aromatic N) is 2. The Morgan fingerprint density at radius 1 is 1.12 bits per heavy atom. The molecule has 1 aromatic rings. The Balaban J connectivity index is 1.80. The summed E-state index contributed by atoms with van der Waals surface area (Å²) in [6, 6.07) is 8.52. The van der Waals surface area contributed by atoms with Gasteiger partial charge in [0.25, 0.3) is 0 Å². The lowest BCUT2D eigenvalue weighted by Crippen LogP contribution is -2.40. The van der Waals surface area contributed by atoms with Gasteiger partial charge in [-0.05, 0) is 49.1 Å². The molecule has 0 aliphatic carbocycles. The smallest absolute Gasteiger partial charge is 0.222 e. The second kappa shape index (κ2) is 9.51. The van der Waals surface area contributed by atoms with Gasteiger partial charge in [-0.15, -0.1) is 0 Å². The minimum absolute atomic E-state index is 0.152. The zero-order valence-corrected chi connectivity index (χ0v) is 17.1. The highest BCUT2D eigenvalue weighted by Gasteiger charge is 2.27. The van der Waals surface area contributed by atoms with E-state index in [-0.39, 0.29) is 11.7 Å². The van der Waals surface area contributed by atoms with Crippen molar-refractivity contribution in [3.05, 3.63) is 35.4 Å². The molecule has 1 amide bonds. The van der Waals surface area contributed by atoms with Crippen molar-refractivity contribution in [3.8, 4) is 0 Å². The van der Waals surface area contributed by atoms with Crippen molar-refractivity contribution in [2.45, 2.75) is 45.4 Å². The first-order valence-corrected chi connectivity index (χ1v) is 11.2. The summed E-state index contributed by atoms with van der Waals surface area (Å²) in [5, 5.41) is 0. The molecule has 0 spiro atoms. The quantitative estimate of drug-likeness (QED) is 0.697. The third kappa shape index (κ3) is 6.09. The van der Waals surface area contributed by atoms with E-state index in [1.54, 1.807) is 23.3 Å². The summed E-state index contributed by atoms with van der Waals surface area (Å²) in [6.45, 7) is 3.21. The Hall–Kier alpha value is -1.40. The minimum Gasteiger partial charge on any atom is -0.349 e. The summed E-state index contributed by atoms with van der Waals surface area (Å²) >= 11 is 0. The van der Waals surface area contributed by atoms with E-state index in [0.29, 0.717) is 31.8 Å². The summed E-state index contributed by atoms with van der Waals surface area (Å²) in [5.74, 6) is 0.957. The average molecular weight is 381 g/mol. The van der Waals surface area contributed by atoms with Crippen molar-refractivity contribution in [3.63, 3.8) is 0 Å². The van der Waals surface area contributed by atoms with Crippen molar-refractivity contribution >= 4 is 15.9 Å². The van der Waals surface area contributed by atoms with E-state index in [1.165, 1.54) is 11.1 Å². The molecule has 1 saturated heterocycles. The molecule has 5 nitrogen and oxygen atoms in total. The summed E-state index contributed by atoms with van der Waals surface area (Å²) < 4.78 is 25.9. The second-order valence-corrected chi connectivity index (χ2v) is 9.56. The van der Waals surface area contributed by atoms with Crippen LogP contribution in [0.4, 0.5) is 0 Å². The number of carbonyl (C=O) groups is 1. The molecular formula is C20H32N2O3S. The molecule has 0 radical (unpaired) electrons. The third-order valence-corrected chi connectivity index (χ3v) is 7.18. The van der Waals surface area contributed by atoms with E-state index >= 15 is 0 Å². The zero-order chi connectivity index (χ0) is 19.2. The molecule has 2 rings (SSSR count). The first-order valence-electron chi connectivity index (χ1n) is 9.57. The highest BCUT2D eigenvalue weighted by atomic mass is 32.2. The average Bonchev–Trinajstić information content (AvgIpc) is 2.61. The van der Waals surface area contributed by atoms with Gasteiger partial charge in [-0.2, -0.15) is 0 Å². The second-order valence-electron chi connectivity index (χ2n) is 7.47. The summed E-state index contributed by atoms with van der Waals surface area (Å²) in [6.07, 6.45) is 4.85. The number of piperidine rings is 1. The standard InChI is InChI=1S/C20H32N2O3S/c1-4-15-26(24,25)22-13-11-19(12-14-22)16-18-7-5-17(6-8-18)9-10-20(23)21(2)3/h5-8,19H,4,9-16H2,1-3H3. The molecule has 0 saturated carbocycles. The lowest BCUT2D eigenvalue weighted by Gasteiger charge is -2.31. The van der Waals surface area contributed by atoms with Crippen LogP contribution in [-0.4, -0.2) is 56.5 Å². The van der Waals surface area contributed by atoms with Crippen LogP contribution >= 0.6 is 0 Å². The number of rotatable bonds is 8. The Kier molecular flexibility index (Phi) is 7.65. The molecule has 6 heteroatoms. The van der Waals surface area contributed by atoms with Crippen LogP contribution in [0.25, 0.3) is 0 Å². The number of sulfonamides is 1. The van der Waals surface area contributed by atoms with Crippen LogP contribution in [0.2, 0.25) is 0 Å². The maximum Gasteiger partial charge on any atom is 0.222 e. The fraction of sp³-hybridized carbons (Fsp3) is 0.650. The highest BCUT2D eigenvalue weighted by Crippen LogP contribution is 2.24. The van der Waals surface area contributed by atoms with Crippen LogP contribution in [0.5, 0.6) is 0 Å². The molecule has 26 heavy (non-hydrogen) atoms. The molecule has 146 valence electrons. The van der Waals surface area contributed by atoms with E-state index in [2.05, 4.69) is 24.3 Å². The molecule has 1 aliphatic rings. The Morgan fingerprint density at radius 3 is 2.23 bits per heavy atom. The molecule has 0 N–H and O–H groups in total. The number of amides is 1. The van der Waals surface area contributed by atoms with Crippen molar-refractivity contribution in [1.82, 2.24) is 9.21 Å². The van der Waals surface area contributed by atoms with Crippen LogP contribution in [0.1, 0.15) is 43.7 Å². The van der Waals surface area contributed by atoms with Gasteiger partial charge in [0, 0.05) is 33.6 Å². The minimum atomic E-state index is -3.05. The van der Waals surface area contributed by atoms with Gasteiger partial charge in [0.2, 0.25) is 15.9 Å². The molecule has 1 aromatic carbocycles. The predicted octanol–water partition coefficient (Wildman–Crippen LogP) is 2.70. The van der Waals surface area contributed by atoms with Crippen LogP contribution < -0.4 is 0 Å². The zero-order valence-electron chi connectivity index (χ0n) is 16.3. The number of hydrogen-bond donors (Lipinski definition) is 0. The van der Waals surface area contributed by atoms with Gasteiger partial charge in [0.15, 0.2) is 0 Å². The molecular weight excluding hydrogens is 348 g/mol. The molecule has 0 atom stereocenters. The normalized spacial score (nSPS) is 16.6. The van der Waals surface area contributed by atoms with E-state index in [1.807, 2.05) is 6.92 Å². The Morgan fingerprint density at radius 2 is 1.69 bits per heavy atom. The fourth-order valence-corrected chi connectivity index (χ4v) is 4.97. The molecule has 1 aliphatic heterocycles. The van der Waals surface area contributed by atoms with Crippen LogP contribution in [0, 0.1) is 5.92 Å². The molecule has 0 unspecified atom stereocenters. The number of benzene rings is 1. The van der Waals surface area contributed by atoms with Crippen molar-refractivity contribution in [1.29, 1.82) is 0 Å². The third-order valence-electron chi connectivity index (χ3n) is 5.10. The summed E-state index contributed by atoms with van der Waals surface area (Å²) in [4.78, 5) is 13.3. The summed E-state index contributed by atoms with van der Waals surface area (Å²) in [7, 11) is 0.511. The number of carbonyl (C=O) groups excluding carboxylic acids is 1. The largest absolute Gasteiger partial charge is 0.349 e. The van der Waals surface area contributed by atoms with Crippen molar-refractivity contribution < 1.29 is 13.2 Å². The van der Waals surface area contributed by atoms with Gasteiger partial charge in [0.1, 0.15) is 0 Å². The molecule has 0 aromatic heterocycles. The first kappa shape index (κ1) is 20.9.